The summed E-state index contributed by atoms with van der Waals surface area (Å²) in [6.07, 6.45) is 7.24. The number of rotatable bonds is 4. The summed E-state index contributed by atoms with van der Waals surface area (Å²) < 4.78 is 0. The molecule has 0 spiro atoms. The van der Waals surface area contributed by atoms with Crippen LogP contribution in [-0.4, -0.2) is 25.1 Å². The Morgan fingerprint density at radius 3 is 2.71 bits per heavy atom. The molecule has 0 bridgehead atoms. The average molecular weight is 233 g/mol. The van der Waals surface area contributed by atoms with E-state index in [-0.39, 0.29) is 0 Å². The fraction of sp³-hybridized carbons (Fsp3) is 0.643. The third-order valence-corrected chi connectivity index (χ3v) is 3.70. The molecule has 3 nitrogen and oxygen atoms in total. The van der Waals surface area contributed by atoms with Gasteiger partial charge < -0.3 is 10.2 Å². The molecule has 17 heavy (non-hydrogen) atoms. The predicted octanol–water partition coefficient (Wildman–Crippen LogP) is 3.14. The van der Waals surface area contributed by atoms with Crippen LogP contribution >= 0.6 is 0 Å². The summed E-state index contributed by atoms with van der Waals surface area (Å²) in [4.78, 5) is 6.44. The van der Waals surface area contributed by atoms with Gasteiger partial charge in [0.2, 0.25) is 0 Å². The van der Waals surface area contributed by atoms with E-state index in [1.807, 2.05) is 25.2 Å². The number of aromatic nitrogens is 1. The number of hydrogen-bond donors (Lipinski definition) is 1. The second-order valence-electron chi connectivity index (χ2n) is 5.23. The summed E-state index contributed by atoms with van der Waals surface area (Å²) in [7, 11) is 4.02. The maximum absolute atomic E-state index is 4.42. The van der Waals surface area contributed by atoms with Gasteiger partial charge in [0.25, 0.3) is 0 Å². The van der Waals surface area contributed by atoms with Crippen LogP contribution in [0.2, 0.25) is 0 Å². The van der Waals surface area contributed by atoms with E-state index in [4.69, 9.17) is 0 Å². The lowest BCUT2D eigenvalue weighted by Crippen LogP contribution is -2.16. The largest absolute Gasteiger partial charge is 0.381 e. The molecule has 3 heteroatoms. The molecule has 1 heterocycles. The third kappa shape index (κ3) is 3.11. The molecule has 94 valence electrons. The van der Waals surface area contributed by atoms with Crippen LogP contribution in [0.1, 0.15) is 32.6 Å². The number of nitrogens with one attached hydrogen (secondary N) is 1. The van der Waals surface area contributed by atoms with Crippen molar-refractivity contribution >= 4 is 11.5 Å². The van der Waals surface area contributed by atoms with Crippen LogP contribution in [0.3, 0.4) is 0 Å². The van der Waals surface area contributed by atoms with E-state index in [1.54, 1.807) is 0 Å². The molecule has 1 aliphatic rings. The van der Waals surface area contributed by atoms with Gasteiger partial charge in [-0.3, -0.25) is 0 Å². The normalized spacial score (nSPS) is 23.7. The van der Waals surface area contributed by atoms with Crippen molar-refractivity contribution in [3.05, 3.63) is 18.3 Å². The second kappa shape index (κ2) is 5.39. The van der Waals surface area contributed by atoms with Gasteiger partial charge in [-0.1, -0.05) is 13.3 Å². The molecule has 2 rings (SSSR count). The third-order valence-electron chi connectivity index (χ3n) is 3.70. The van der Waals surface area contributed by atoms with Crippen LogP contribution in [0.4, 0.5) is 11.5 Å². The number of pyridine rings is 1. The molecule has 1 aliphatic carbocycles. The zero-order valence-electron chi connectivity index (χ0n) is 11.1. The zero-order valence-corrected chi connectivity index (χ0v) is 11.1. The molecule has 1 aromatic rings. The highest BCUT2D eigenvalue weighted by atomic mass is 15.1. The summed E-state index contributed by atoms with van der Waals surface area (Å²) in [6.45, 7) is 2.29. The van der Waals surface area contributed by atoms with Crippen LogP contribution in [0, 0.1) is 5.92 Å². The molecule has 1 saturated carbocycles. The Labute approximate surface area is 104 Å². The zero-order chi connectivity index (χ0) is 12.3. The summed E-state index contributed by atoms with van der Waals surface area (Å²) in [6, 6.07) is 4.84. The SMILES string of the molecule is CCC1CCC(Nc2ccc(N(C)C)nc2)C1. The van der Waals surface area contributed by atoms with Gasteiger partial charge in [0.05, 0.1) is 11.9 Å². The Kier molecular flexibility index (Phi) is 3.87. The van der Waals surface area contributed by atoms with Crippen molar-refractivity contribution < 1.29 is 0 Å². The van der Waals surface area contributed by atoms with Crippen LogP contribution in [0.15, 0.2) is 18.3 Å². The Morgan fingerprint density at radius 1 is 1.35 bits per heavy atom. The highest BCUT2D eigenvalue weighted by molar-refractivity contribution is 5.48. The van der Waals surface area contributed by atoms with Crippen molar-refractivity contribution in [1.82, 2.24) is 4.98 Å². The average Bonchev–Trinajstić information content (AvgIpc) is 2.77. The predicted molar refractivity (Wildman–Crippen MR) is 73.6 cm³/mol. The minimum atomic E-state index is 0.645. The van der Waals surface area contributed by atoms with E-state index in [2.05, 4.69) is 29.4 Å². The standard InChI is InChI=1S/C14H23N3/c1-4-11-5-6-12(9-11)16-13-7-8-14(15-10-13)17(2)3/h7-8,10-12,16H,4-6,9H2,1-3H3. The molecule has 2 atom stereocenters. The lowest BCUT2D eigenvalue weighted by molar-refractivity contribution is 0.525. The quantitative estimate of drug-likeness (QED) is 0.866. The van der Waals surface area contributed by atoms with E-state index in [9.17, 15) is 0 Å². The minimum absolute atomic E-state index is 0.645. The van der Waals surface area contributed by atoms with E-state index in [0.29, 0.717) is 6.04 Å². The van der Waals surface area contributed by atoms with Gasteiger partial charge in [0.15, 0.2) is 0 Å². The number of anilines is 2. The molecule has 0 amide bonds. The van der Waals surface area contributed by atoms with Gasteiger partial charge >= 0.3 is 0 Å². The van der Waals surface area contributed by atoms with Gasteiger partial charge in [-0.2, -0.15) is 0 Å². The summed E-state index contributed by atoms with van der Waals surface area (Å²) in [5.41, 5.74) is 1.15. The maximum Gasteiger partial charge on any atom is 0.128 e. The van der Waals surface area contributed by atoms with Crippen molar-refractivity contribution in [2.24, 2.45) is 5.92 Å². The molecule has 0 aromatic carbocycles. The lowest BCUT2D eigenvalue weighted by Gasteiger charge is -2.16. The Morgan fingerprint density at radius 2 is 2.18 bits per heavy atom. The summed E-state index contributed by atoms with van der Waals surface area (Å²) in [5, 5.41) is 3.59. The maximum atomic E-state index is 4.42. The van der Waals surface area contributed by atoms with Crippen LogP contribution in [0.5, 0.6) is 0 Å². The van der Waals surface area contributed by atoms with E-state index < -0.39 is 0 Å². The van der Waals surface area contributed by atoms with Crippen molar-refractivity contribution in [2.45, 2.75) is 38.6 Å². The van der Waals surface area contributed by atoms with E-state index in [1.165, 1.54) is 25.7 Å². The topological polar surface area (TPSA) is 28.2 Å². The molecule has 0 saturated heterocycles. The highest BCUT2D eigenvalue weighted by Gasteiger charge is 2.22. The second-order valence-corrected chi connectivity index (χ2v) is 5.23. The minimum Gasteiger partial charge on any atom is -0.381 e. The molecule has 0 radical (unpaired) electrons. The highest BCUT2D eigenvalue weighted by Crippen LogP contribution is 2.30. The summed E-state index contributed by atoms with van der Waals surface area (Å²) >= 11 is 0. The molecular formula is C14H23N3. The van der Waals surface area contributed by atoms with E-state index in [0.717, 1.165) is 17.4 Å². The summed E-state index contributed by atoms with van der Waals surface area (Å²) in [5.74, 6) is 1.93. The van der Waals surface area contributed by atoms with Crippen LogP contribution in [0.25, 0.3) is 0 Å². The van der Waals surface area contributed by atoms with Crippen molar-refractivity contribution in [3.8, 4) is 0 Å². The monoisotopic (exact) mass is 233 g/mol. The molecule has 0 aliphatic heterocycles. The lowest BCUT2D eigenvalue weighted by atomic mass is 10.1. The van der Waals surface area contributed by atoms with Crippen LogP contribution < -0.4 is 10.2 Å². The first kappa shape index (κ1) is 12.2. The first-order valence-electron chi connectivity index (χ1n) is 6.59. The smallest absolute Gasteiger partial charge is 0.128 e. The molecule has 1 fully saturated rings. The molecule has 1 aromatic heterocycles. The van der Waals surface area contributed by atoms with Crippen LogP contribution in [-0.2, 0) is 0 Å². The van der Waals surface area contributed by atoms with Crippen molar-refractivity contribution in [2.75, 3.05) is 24.3 Å². The van der Waals surface area contributed by atoms with Gasteiger partial charge in [-0.25, -0.2) is 4.98 Å². The molecule has 2 unspecified atom stereocenters. The van der Waals surface area contributed by atoms with Gasteiger partial charge in [-0.05, 0) is 37.3 Å². The van der Waals surface area contributed by atoms with Crippen molar-refractivity contribution in [1.29, 1.82) is 0 Å². The Bertz CT molecular complexity index is 345. The van der Waals surface area contributed by atoms with Crippen molar-refractivity contribution in [3.63, 3.8) is 0 Å². The first-order chi connectivity index (χ1) is 8.19. The van der Waals surface area contributed by atoms with Gasteiger partial charge in [0, 0.05) is 20.1 Å². The van der Waals surface area contributed by atoms with Gasteiger partial charge in [-0.15, -0.1) is 0 Å². The fourth-order valence-corrected chi connectivity index (χ4v) is 2.55. The Hall–Kier alpha value is -1.25. The van der Waals surface area contributed by atoms with Gasteiger partial charge in [0.1, 0.15) is 5.82 Å². The molecular weight excluding hydrogens is 210 g/mol. The number of nitrogens with zero attached hydrogens (tertiary/aromatic N) is 2. The molecule has 1 N–H and O–H groups in total. The fourth-order valence-electron chi connectivity index (χ4n) is 2.55. The number of hydrogen-bond acceptors (Lipinski definition) is 3. The first-order valence-corrected chi connectivity index (χ1v) is 6.59. The Balaban J connectivity index is 1.91. The van der Waals surface area contributed by atoms with E-state index >= 15 is 0 Å².